The van der Waals surface area contributed by atoms with Gasteiger partial charge in [0.1, 0.15) is 0 Å². The summed E-state index contributed by atoms with van der Waals surface area (Å²) in [6.07, 6.45) is -0.177. The summed E-state index contributed by atoms with van der Waals surface area (Å²) in [7, 11) is 0. The third-order valence-electron chi connectivity index (χ3n) is 2.70. The Bertz CT molecular complexity index is 484. The number of carboxylic acids is 1. The Balaban J connectivity index is 2.99. The first-order chi connectivity index (χ1) is 8.84. The van der Waals surface area contributed by atoms with E-state index in [0.29, 0.717) is 0 Å². The molecule has 0 atom stereocenters. The highest BCUT2D eigenvalue weighted by molar-refractivity contribution is 5.97. The minimum atomic E-state index is -1.00. The summed E-state index contributed by atoms with van der Waals surface area (Å²) in [4.78, 5) is 24.1. The summed E-state index contributed by atoms with van der Waals surface area (Å²) in [5, 5.41) is 27.7. The summed E-state index contributed by atoms with van der Waals surface area (Å²) in [6, 6.07) is 3.88. The van der Waals surface area contributed by atoms with Gasteiger partial charge in [-0.15, -0.1) is 0 Å². The Kier molecular flexibility index (Phi) is 4.74. The van der Waals surface area contributed by atoms with E-state index in [-0.39, 0.29) is 30.3 Å². The normalized spacial score (nSPS) is 10.5. The molecule has 0 unspecified atom stereocenters. The molecule has 6 heteroatoms. The highest BCUT2D eigenvalue weighted by atomic mass is 16.4. The van der Waals surface area contributed by atoms with E-state index in [0.717, 1.165) is 0 Å². The largest absolute Gasteiger partial charge is 0.504 e. The molecule has 0 heterocycles. The standard InChI is InChI=1S/C13H17NO5/c1-8(2)14(7-6-11(16)17)13(19)9-4-3-5-10(15)12(9)18/h3-5,8,15,18H,6-7H2,1-2H3,(H,16,17). The van der Waals surface area contributed by atoms with Gasteiger partial charge in [-0.1, -0.05) is 6.07 Å². The highest BCUT2D eigenvalue weighted by Gasteiger charge is 2.23. The van der Waals surface area contributed by atoms with Crippen LogP contribution in [0.4, 0.5) is 0 Å². The molecule has 6 nitrogen and oxygen atoms in total. The molecule has 1 aromatic rings. The number of aromatic hydroxyl groups is 2. The first-order valence-corrected chi connectivity index (χ1v) is 5.88. The molecule has 1 rings (SSSR count). The number of carbonyl (C=O) groups excluding carboxylic acids is 1. The van der Waals surface area contributed by atoms with E-state index in [1.165, 1.54) is 23.1 Å². The second-order valence-corrected chi connectivity index (χ2v) is 4.41. The molecule has 0 spiro atoms. The Morgan fingerprint density at radius 3 is 2.42 bits per heavy atom. The van der Waals surface area contributed by atoms with Crippen LogP contribution >= 0.6 is 0 Å². The number of hydrogen-bond donors (Lipinski definition) is 3. The summed E-state index contributed by atoms with van der Waals surface area (Å²) in [6.45, 7) is 3.54. The zero-order valence-corrected chi connectivity index (χ0v) is 10.8. The minimum absolute atomic E-state index is 0.0425. The van der Waals surface area contributed by atoms with Crippen LogP contribution in [0, 0.1) is 0 Å². The van der Waals surface area contributed by atoms with Gasteiger partial charge in [-0.25, -0.2) is 0 Å². The van der Waals surface area contributed by atoms with E-state index in [1.807, 2.05) is 0 Å². The fourth-order valence-electron chi connectivity index (χ4n) is 1.67. The molecule has 3 N–H and O–H groups in total. The van der Waals surface area contributed by atoms with Crippen LogP contribution in [0.25, 0.3) is 0 Å². The lowest BCUT2D eigenvalue weighted by Crippen LogP contribution is -2.38. The van der Waals surface area contributed by atoms with Crippen molar-refractivity contribution in [2.45, 2.75) is 26.3 Å². The third-order valence-corrected chi connectivity index (χ3v) is 2.70. The van der Waals surface area contributed by atoms with E-state index in [2.05, 4.69) is 0 Å². The van der Waals surface area contributed by atoms with Crippen molar-refractivity contribution in [1.82, 2.24) is 4.90 Å². The maximum Gasteiger partial charge on any atom is 0.305 e. The first-order valence-electron chi connectivity index (χ1n) is 5.88. The second-order valence-electron chi connectivity index (χ2n) is 4.41. The van der Waals surface area contributed by atoms with Crippen LogP contribution in [0.15, 0.2) is 18.2 Å². The maximum absolute atomic E-state index is 12.2. The van der Waals surface area contributed by atoms with Crippen molar-refractivity contribution in [2.75, 3.05) is 6.54 Å². The topological polar surface area (TPSA) is 98.1 Å². The van der Waals surface area contributed by atoms with Crippen LogP contribution in [-0.2, 0) is 4.79 Å². The molecule has 0 radical (unpaired) electrons. The minimum Gasteiger partial charge on any atom is -0.504 e. The summed E-state index contributed by atoms with van der Waals surface area (Å²) >= 11 is 0. The SMILES string of the molecule is CC(C)N(CCC(=O)O)C(=O)c1cccc(O)c1O. The van der Waals surface area contributed by atoms with E-state index in [9.17, 15) is 19.8 Å². The average Bonchev–Trinajstić information content (AvgIpc) is 2.31. The van der Waals surface area contributed by atoms with Gasteiger partial charge < -0.3 is 20.2 Å². The van der Waals surface area contributed by atoms with Gasteiger partial charge in [-0.05, 0) is 26.0 Å². The number of nitrogens with zero attached hydrogens (tertiary/aromatic N) is 1. The molecule has 0 bridgehead atoms. The van der Waals surface area contributed by atoms with E-state index in [1.54, 1.807) is 13.8 Å². The fourth-order valence-corrected chi connectivity index (χ4v) is 1.67. The lowest BCUT2D eigenvalue weighted by atomic mass is 10.1. The van der Waals surface area contributed by atoms with Crippen LogP contribution in [0.2, 0.25) is 0 Å². The predicted molar refractivity (Wildman–Crippen MR) is 68.2 cm³/mol. The molecule has 19 heavy (non-hydrogen) atoms. The number of amides is 1. The number of rotatable bonds is 5. The molecular formula is C13H17NO5. The van der Waals surface area contributed by atoms with Crippen molar-refractivity contribution < 1.29 is 24.9 Å². The van der Waals surface area contributed by atoms with Crippen molar-refractivity contribution in [3.05, 3.63) is 23.8 Å². The van der Waals surface area contributed by atoms with Crippen molar-refractivity contribution in [2.24, 2.45) is 0 Å². The lowest BCUT2D eigenvalue weighted by Gasteiger charge is -2.26. The van der Waals surface area contributed by atoms with E-state index < -0.39 is 17.6 Å². The second kappa shape index (κ2) is 6.08. The van der Waals surface area contributed by atoms with Crippen LogP contribution in [0.5, 0.6) is 11.5 Å². The molecule has 0 aliphatic heterocycles. The molecule has 0 fully saturated rings. The zero-order chi connectivity index (χ0) is 14.6. The molecule has 0 saturated carbocycles. The Morgan fingerprint density at radius 2 is 1.89 bits per heavy atom. The number of aliphatic carboxylic acids is 1. The first kappa shape index (κ1) is 14.8. The number of benzene rings is 1. The highest BCUT2D eigenvalue weighted by Crippen LogP contribution is 2.29. The average molecular weight is 267 g/mol. The van der Waals surface area contributed by atoms with Gasteiger partial charge >= 0.3 is 5.97 Å². The van der Waals surface area contributed by atoms with Crippen LogP contribution in [-0.4, -0.2) is 44.7 Å². The Hall–Kier alpha value is -2.24. The van der Waals surface area contributed by atoms with Crippen LogP contribution in [0.1, 0.15) is 30.6 Å². The molecule has 0 aliphatic carbocycles. The number of carbonyl (C=O) groups is 2. The number of carboxylic acid groups (broad SMARTS) is 1. The number of phenols is 2. The van der Waals surface area contributed by atoms with Gasteiger partial charge in [0.15, 0.2) is 11.5 Å². The van der Waals surface area contributed by atoms with Gasteiger partial charge in [0.05, 0.1) is 12.0 Å². The smallest absolute Gasteiger partial charge is 0.305 e. The predicted octanol–water partition coefficient (Wildman–Crippen LogP) is 1.42. The summed E-state index contributed by atoms with van der Waals surface area (Å²) in [5.74, 6) is -2.38. The Morgan fingerprint density at radius 1 is 1.26 bits per heavy atom. The molecule has 1 amide bonds. The molecule has 0 aliphatic rings. The van der Waals surface area contributed by atoms with Gasteiger partial charge in [0.25, 0.3) is 5.91 Å². The number of phenolic OH excluding ortho intramolecular Hbond substituents is 2. The van der Waals surface area contributed by atoms with Crippen LogP contribution in [0.3, 0.4) is 0 Å². The van der Waals surface area contributed by atoms with Crippen molar-refractivity contribution >= 4 is 11.9 Å². The zero-order valence-electron chi connectivity index (χ0n) is 10.8. The van der Waals surface area contributed by atoms with E-state index >= 15 is 0 Å². The van der Waals surface area contributed by atoms with Gasteiger partial charge in [-0.2, -0.15) is 0 Å². The molecule has 104 valence electrons. The number of para-hydroxylation sites is 1. The molecule has 0 saturated heterocycles. The summed E-state index contributed by atoms with van der Waals surface area (Å²) < 4.78 is 0. The monoisotopic (exact) mass is 267 g/mol. The molecule has 1 aromatic carbocycles. The van der Waals surface area contributed by atoms with Gasteiger partial charge in [0, 0.05) is 12.6 Å². The maximum atomic E-state index is 12.2. The molecule has 0 aromatic heterocycles. The fraction of sp³-hybridized carbons (Fsp3) is 0.385. The lowest BCUT2D eigenvalue weighted by molar-refractivity contribution is -0.137. The van der Waals surface area contributed by atoms with E-state index in [4.69, 9.17) is 5.11 Å². The summed E-state index contributed by atoms with van der Waals surface area (Å²) in [5.41, 5.74) is -0.0425. The van der Waals surface area contributed by atoms with Gasteiger partial charge in [0.2, 0.25) is 0 Å². The van der Waals surface area contributed by atoms with Gasteiger partial charge in [-0.3, -0.25) is 9.59 Å². The van der Waals surface area contributed by atoms with Crippen molar-refractivity contribution in [1.29, 1.82) is 0 Å². The third kappa shape index (κ3) is 3.61. The number of hydrogen-bond acceptors (Lipinski definition) is 4. The quantitative estimate of drug-likeness (QED) is 0.701. The Labute approximate surface area is 110 Å². The van der Waals surface area contributed by atoms with Crippen molar-refractivity contribution in [3.8, 4) is 11.5 Å². The van der Waals surface area contributed by atoms with Crippen LogP contribution < -0.4 is 0 Å². The molecular weight excluding hydrogens is 250 g/mol. The van der Waals surface area contributed by atoms with Crippen molar-refractivity contribution in [3.63, 3.8) is 0 Å².